The largest absolute Gasteiger partial charge is 0.472 e. The number of esters is 1. The van der Waals surface area contributed by atoms with Gasteiger partial charge in [0.25, 0.3) is 0 Å². The molecule has 0 unspecified atom stereocenters. The summed E-state index contributed by atoms with van der Waals surface area (Å²) in [5.41, 5.74) is 2.42. The van der Waals surface area contributed by atoms with Gasteiger partial charge in [0, 0.05) is 11.8 Å². The molecule has 96 valence electrons. The number of hydrogen-bond donors (Lipinski definition) is 0. The van der Waals surface area contributed by atoms with Crippen molar-refractivity contribution in [2.75, 3.05) is 6.61 Å². The van der Waals surface area contributed by atoms with Crippen LogP contribution in [-0.2, 0) is 4.74 Å². The molecule has 0 spiro atoms. The van der Waals surface area contributed by atoms with Gasteiger partial charge in [-0.15, -0.1) is 0 Å². The second-order valence-corrected chi connectivity index (χ2v) is 3.85. The minimum absolute atomic E-state index is 0.215. The average molecular weight is 257 g/mol. The van der Waals surface area contributed by atoms with E-state index in [1.165, 1.54) is 0 Å². The fraction of sp³-hybridized carbons (Fsp3) is 0.154. The third kappa shape index (κ3) is 1.87. The monoisotopic (exact) mass is 257 g/mol. The van der Waals surface area contributed by atoms with E-state index in [0.29, 0.717) is 12.3 Å². The maximum Gasteiger partial charge on any atom is 0.360 e. The van der Waals surface area contributed by atoms with Crippen molar-refractivity contribution >= 4 is 11.6 Å². The van der Waals surface area contributed by atoms with Gasteiger partial charge in [-0.25, -0.2) is 14.8 Å². The number of furan rings is 1. The molecule has 6 nitrogen and oxygen atoms in total. The van der Waals surface area contributed by atoms with Gasteiger partial charge in [-0.3, -0.25) is 4.40 Å². The molecule has 3 aromatic rings. The summed E-state index contributed by atoms with van der Waals surface area (Å²) in [6.07, 6.45) is 6.39. The SMILES string of the molecule is CCOC(=O)c1ncn2c(-c3ccoc3)ccnc12. The maximum atomic E-state index is 11.8. The second kappa shape index (κ2) is 4.56. The van der Waals surface area contributed by atoms with Crippen LogP contribution in [0.3, 0.4) is 0 Å². The van der Waals surface area contributed by atoms with E-state index >= 15 is 0 Å². The van der Waals surface area contributed by atoms with Crippen molar-refractivity contribution in [3.05, 3.63) is 42.9 Å². The van der Waals surface area contributed by atoms with Gasteiger partial charge >= 0.3 is 5.97 Å². The Morgan fingerprint density at radius 2 is 2.32 bits per heavy atom. The Morgan fingerprint density at radius 3 is 3.05 bits per heavy atom. The summed E-state index contributed by atoms with van der Waals surface area (Å²) >= 11 is 0. The van der Waals surface area contributed by atoms with E-state index in [1.54, 1.807) is 36.4 Å². The lowest BCUT2D eigenvalue weighted by Gasteiger charge is -2.02. The third-order valence-electron chi connectivity index (χ3n) is 2.72. The molecule has 3 rings (SSSR count). The lowest BCUT2D eigenvalue weighted by atomic mass is 10.2. The fourth-order valence-electron chi connectivity index (χ4n) is 1.89. The van der Waals surface area contributed by atoms with Crippen LogP contribution in [0.25, 0.3) is 16.9 Å². The number of aromatic nitrogens is 3. The van der Waals surface area contributed by atoms with Gasteiger partial charge in [-0.1, -0.05) is 0 Å². The molecule has 0 bridgehead atoms. The first-order valence-electron chi connectivity index (χ1n) is 5.83. The highest BCUT2D eigenvalue weighted by Crippen LogP contribution is 2.21. The molecule has 0 aliphatic heterocycles. The summed E-state index contributed by atoms with van der Waals surface area (Å²) < 4.78 is 11.7. The Bertz CT molecular complexity index is 716. The quantitative estimate of drug-likeness (QED) is 0.672. The van der Waals surface area contributed by atoms with Gasteiger partial charge in [0.2, 0.25) is 0 Å². The summed E-state index contributed by atoms with van der Waals surface area (Å²) in [4.78, 5) is 20.0. The van der Waals surface area contributed by atoms with Crippen molar-refractivity contribution in [2.45, 2.75) is 6.92 Å². The van der Waals surface area contributed by atoms with Crippen LogP contribution in [0.15, 0.2) is 41.6 Å². The van der Waals surface area contributed by atoms with Gasteiger partial charge in [0.1, 0.15) is 6.33 Å². The molecule has 3 aromatic heterocycles. The highest BCUT2D eigenvalue weighted by atomic mass is 16.5. The molecular weight excluding hydrogens is 246 g/mol. The molecule has 0 N–H and O–H groups in total. The van der Waals surface area contributed by atoms with E-state index in [2.05, 4.69) is 9.97 Å². The van der Waals surface area contributed by atoms with Crippen LogP contribution < -0.4 is 0 Å². The van der Waals surface area contributed by atoms with Crippen LogP contribution in [0.1, 0.15) is 17.4 Å². The van der Waals surface area contributed by atoms with E-state index in [0.717, 1.165) is 11.3 Å². The molecule has 0 radical (unpaired) electrons. The third-order valence-corrected chi connectivity index (χ3v) is 2.72. The molecule has 0 amide bonds. The lowest BCUT2D eigenvalue weighted by molar-refractivity contribution is 0.0522. The topological polar surface area (TPSA) is 69.6 Å². The number of carbonyl (C=O) groups is 1. The molecule has 6 heteroatoms. The Labute approximate surface area is 108 Å². The van der Waals surface area contributed by atoms with E-state index in [9.17, 15) is 4.79 Å². The van der Waals surface area contributed by atoms with Crippen molar-refractivity contribution in [1.29, 1.82) is 0 Å². The van der Waals surface area contributed by atoms with Gasteiger partial charge in [0.15, 0.2) is 11.3 Å². The second-order valence-electron chi connectivity index (χ2n) is 3.85. The minimum atomic E-state index is -0.471. The molecule has 3 heterocycles. The first kappa shape index (κ1) is 11.5. The first-order valence-corrected chi connectivity index (χ1v) is 5.83. The number of hydrogen-bond acceptors (Lipinski definition) is 5. The Kier molecular flexibility index (Phi) is 2.75. The van der Waals surface area contributed by atoms with Crippen LogP contribution in [0.4, 0.5) is 0 Å². The number of imidazole rings is 1. The number of carbonyl (C=O) groups excluding carboxylic acids is 1. The van der Waals surface area contributed by atoms with Crippen LogP contribution >= 0.6 is 0 Å². The summed E-state index contributed by atoms with van der Waals surface area (Å²) in [7, 11) is 0. The molecule has 0 aliphatic carbocycles. The normalized spacial score (nSPS) is 10.8. The molecule has 0 aromatic carbocycles. The minimum Gasteiger partial charge on any atom is -0.472 e. The van der Waals surface area contributed by atoms with Crippen LogP contribution in [-0.4, -0.2) is 26.9 Å². The Hall–Kier alpha value is -2.63. The van der Waals surface area contributed by atoms with E-state index in [4.69, 9.17) is 9.15 Å². The first-order chi connectivity index (χ1) is 9.31. The van der Waals surface area contributed by atoms with E-state index in [-0.39, 0.29) is 5.69 Å². The zero-order chi connectivity index (χ0) is 13.2. The standard InChI is InChI=1S/C13H11N3O3/c1-2-19-13(17)11-12-14-5-3-10(16(12)8-15-11)9-4-6-18-7-9/h3-8H,2H2,1H3. The predicted octanol–water partition coefficient (Wildman–Crippen LogP) is 2.17. The van der Waals surface area contributed by atoms with Crippen LogP contribution in [0, 0.1) is 0 Å². The van der Waals surface area contributed by atoms with Crippen molar-refractivity contribution in [1.82, 2.24) is 14.4 Å². The van der Waals surface area contributed by atoms with Crippen LogP contribution in [0.5, 0.6) is 0 Å². The van der Waals surface area contributed by atoms with Gasteiger partial charge in [-0.2, -0.15) is 0 Å². The molecule has 19 heavy (non-hydrogen) atoms. The zero-order valence-electron chi connectivity index (χ0n) is 10.2. The smallest absolute Gasteiger partial charge is 0.360 e. The summed E-state index contributed by atoms with van der Waals surface area (Å²) in [5.74, 6) is -0.471. The van der Waals surface area contributed by atoms with Gasteiger partial charge < -0.3 is 9.15 Å². The summed E-state index contributed by atoms with van der Waals surface area (Å²) in [5, 5.41) is 0. The number of rotatable bonds is 3. The highest BCUT2D eigenvalue weighted by molar-refractivity contribution is 5.94. The highest BCUT2D eigenvalue weighted by Gasteiger charge is 2.17. The predicted molar refractivity (Wildman–Crippen MR) is 66.6 cm³/mol. The molecule has 0 atom stereocenters. The maximum absolute atomic E-state index is 11.8. The molecule has 0 aliphatic rings. The molecule has 0 saturated heterocycles. The number of nitrogens with zero attached hydrogens (tertiary/aromatic N) is 3. The van der Waals surface area contributed by atoms with E-state index < -0.39 is 5.97 Å². The summed E-state index contributed by atoms with van der Waals surface area (Å²) in [6.45, 7) is 2.06. The van der Waals surface area contributed by atoms with Gasteiger partial charge in [-0.05, 0) is 19.1 Å². The Morgan fingerprint density at radius 1 is 1.42 bits per heavy atom. The van der Waals surface area contributed by atoms with Crippen molar-refractivity contribution in [2.24, 2.45) is 0 Å². The van der Waals surface area contributed by atoms with Crippen molar-refractivity contribution in [3.8, 4) is 11.3 Å². The van der Waals surface area contributed by atoms with Crippen LogP contribution in [0.2, 0.25) is 0 Å². The summed E-state index contributed by atoms with van der Waals surface area (Å²) in [6, 6.07) is 3.66. The molecule has 0 fully saturated rings. The zero-order valence-corrected chi connectivity index (χ0v) is 10.2. The number of ether oxygens (including phenoxy) is 1. The van der Waals surface area contributed by atoms with Crippen molar-refractivity contribution < 1.29 is 13.9 Å². The van der Waals surface area contributed by atoms with Gasteiger partial charge in [0.05, 0.1) is 24.8 Å². The fourth-order valence-corrected chi connectivity index (χ4v) is 1.89. The molecule has 0 saturated carbocycles. The van der Waals surface area contributed by atoms with Crippen molar-refractivity contribution in [3.63, 3.8) is 0 Å². The number of fused-ring (bicyclic) bond motifs is 1. The molecular formula is C13H11N3O3. The lowest BCUT2D eigenvalue weighted by Crippen LogP contribution is -2.06. The Balaban J connectivity index is 2.16. The van der Waals surface area contributed by atoms with E-state index in [1.807, 2.05) is 12.1 Å². The average Bonchev–Trinajstić information content (AvgIpc) is 3.08.